The van der Waals surface area contributed by atoms with Gasteiger partial charge in [-0.05, 0) is 57.8 Å². The van der Waals surface area contributed by atoms with Gasteiger partial charge in [0, 0.05) is 35.5 Å². The number of aliphatic hydroxyl groups excluding tert-OH is 2. The molecule has 0 aromatic rings. The van der Waals surface area contributed by atoms with Crippen molar-refractivity contribution in [1.82, 2.24) is 0 Å². The molecule has 0 bridgehead atoms. The molecule has 18 unspecified atom stereocenters. The fourth-order valence-corrected chi connectivity index (χ4v) is 8.52. The molecule has 3 saturated heterocycles. The average Bonchev–Trinajstić information content (AvgIpc) is 2.71. The van der Waals surface area contributed by atoms with Gasteiger partial charge in [0.15, 0.2) is 18.9 Å². The van der Waals surface area contributed by atoms with E-state index in [4.69, 9.17) is 23.7 Å². The lowest BCUT2D eigenvalue weighted by molar-refractivity contribution is -0.359. The maximum absolute atomic E-state index is 10.1. The van der Waals surface area contributed by atoms with Crippen LogP contribution >= 0.6 is 0 Å². The van der Waals surface area contributed by atoms with E-state index in [0.717, 1.165) is 19.3 Å². The molecule has 34 heavy (non-hydrogen) atoms. The van der Waals surface area contributed by atoms with Gasteiger partial charge in [-0.1, -0.05) is 20.8 Å². The van der Waals surface area contributed by atoms with Gasteiger partial charge in [0.2, 0.25) is 0 Å². The summed E-state index contributed by atoms with van der Waals surface area (Å²) in [4.78, 5) is 0. The first kappa shape index (κ1) is 24.1. The molecule has 2 N–H and O–H groups in total. The molecule has 3 saturated carbocycles. The predicted molar refractivity (Wildman–Crippen MR) is 123 cm³/mol. The second-order valence-electron chi connectivity index (χ2n) is 12.6. The van der Waals surface area contributed by atoms with Crippen LogP contribution in [0.2, 0.25) is 0 Å². The summed E-state index contributed by atoms with van der Waals surface area (Å²) >= 11 is 0. The zero-order valence-corrected chi connectivity index (χ0v) is 21.4. The summed E-state index contributed by atoms with van der Waals surface area (Å²) < 4.78 is 31.6. The number of hydrogen-bond donors (Lipinski definition) is 2. The number of ether oxygens (including phenoxy) is 5. The van der Waals surface area contributed by atoms with Crippen LogP contribution in [0.1, 0.15) is 60.8 Å². The zero-order valence-electron chi connectivity index (χ0n) is 21.4. The third-order valence-electron chi connectivity index (χ3n) is 10.9. The highest BCUT2D eigenvalue weighted by molar-refractivity contribution is 5.04. The molecule has 0 aromatic carbocycles. The van der Waals surface area contributed by atoms with E-state index in [9.17, 15) is 10.2 Å². The second-order valence-corrected chi connectivity index (χ2v) is 12.6. The van der Waals surface area contributed by atoms with Crippen LogP contribution < -0.4 is 0 Å². The topological polar surface area (TPSA) is 86.6 Å². The summed E-state index contributed by atoms with van der Waals surface area (Å²) in [5, 5.41) is 20.2. The van der Waals surface area contributed by atoms with Crippen LogP contribution in [0.5, 0.6) is 0 Å². The van der Waals surface area contributed by atoms with E-state index in [1.54, 1.807) is 0 Å². The molecule has 0 radical (unpaired) electrons. The first-order chi connectivity index (χ1) is 16.2. The van der Waals surface area contributed by atoms with Crippen molar-refractivity contribution in [2.75, 3.05) is 0 Å². The Labute approximate surface area is 203 Å². The van der Waals surface area contributed by atoms with Gasteiger partial charge in [0.05, 0.1) is 36.6 Å². The Balaban J connectivity index is 1.05. The van der Waals surface area contributed by atoms with Crippen molar-refractivity contribution in [2.45, 2.75) is 116 Å². The van der Waals surface area contributed by atoms with Crippen molar-refractivity contribution in [2.24, 2.45) is 53.3 Å². The molecule has 7 heteroatoms. The molecule has 3 aliphatic carbocycles. The lowest BCUT2D eigenvalue weighted by Gasteiger charge is -2.60. The van der Waals surface area contributed by atoms with E-state index < -0.39 is 6.29 Å². The van der Waals surface area contributed by atoms with Crippen molar-refractivity contribution in [3.05, 3.63) is 0 Å². The molecule has 0 aromatic heterocycles. The lowest BCUT2D eigenvalue weighted by Crippen LogP contribution is -2.64. The van der Waals surface area contributed by atoms with Gasteiger partial charge in [0.1, 0.15) is 0 Å². The Morgan fingerprint density at radius 3 is 1.53 bits per heavy atom. The molecular formula is C27H44O7. The average molecular weight is 481 g/mol. The van der Waals surface area contributed by atoms with E-state index >= 15 is 0 Å². The molecule has 0 spiro atoms. The molecular weight excluding hydrogens is 436 g/mol. The monoisotopic (exact) mass is 480 g/mol. The van der Waals surface area contributed by atoms with Crippen LogP contribution in [0.3, 0.4) is 0 Å². The Morgan fingerprint density at radius 1 is 0.559 bits per heavy atom. The highest BCUT2D eigenvalue weighted by atomic mass is 16.7. The van der Waals surface area contributed by atoms with Crippen molar-refractivity contribution in [3.8, 4) is 0 Å². The summed E-state index contributed by atoms with van der Waals surface area (Å²) in [5.74, 6) is 3.24. The highest BCUT2D eigenvalue weighted by Gasteiger charge is 2.59. The first-order valence-corrected chi connectivity index (χ1v) is 13.8. The first-order valence-electron chi connectivity index (χ1n) is 13.8. The van der Waals surface area contributed by atoms with E-state index in [1.165, 1.54) is 0 Å². The molecule has 3 heterocycles. The van der Waals surface area contributed by atoms with Crippen molar-refractivity contribution in [3.63, 3.8) is 0 Å². The highest BCUT2D eigenvalue weighted by Crippen LogP contribution is 2.55. The number of fused-ring (bicyclic) bond motifs is 3. The summed E-state index contributed by atoms with van der Waals surface area (Å²) in [5.41, 5.74) is 0. The Kier molecular flexibility index (Phi) is 6.12. The normalized spacial score (nSPS) is 62.8. The van der Waals surface area contributed by atoms with Gasteiger partial charge >= 0.3 is 0 Å². The largest absolute Gasteiger partial charge is 0.393 e. The molecule has 3 aliphatic heterocycles. The summed E-state index contributed by atoms with van der Waals surface area (Å²) in [7, 11) is 0. The third-order valence-corrected chi connectivity index (χ3v) is 10.9. The summed E-state index contributed by atoms with van der Waals surface area (Å²) in [6.07, 6.45) is 2.04. The second kappa shape index (κ2) is 8.64. The molecule has 18 atom stereocenters. The maximum Gasteiger partial charge on any atom is 0.161 e. The fraction of sp³-hybridized carbons (Fsp3) is 1.00. The summed E-state index contributed by atoms with van der Waals surface area (Å²) in [6.45, 7) is 12.8. The third kappa shape index (κ3) is 3.56. The van der Waals surface area contributed by atoms with E-state index in [1.807, 2.05) is 0 Å². The van der Waals surface area contributed by atoms with Crippen LogP contribution in [-0.2, 0) is 23.7 Å². The quantitative estimate of drug-likeness (QED) is 0.639. The Morgan fingerprint density at radius 2 is 1.00 bits per heavy atom. The molecule has 6 aliphatic rings. The van der Waals surface area contributed by atoms with Crippen LogP contribution in [0.15, 0.2) is 0 Å². The molecule has 0 amide bonds. The SMILES string of the molecule is CC1OC(OC2CC3C(C)C(OC4CC5C(C)C(O)OC(C)C45)OC(C)C23)C(C)C2CC(O)C12. The smallest absolute Gasteiger partial charge is 0.161 e. The Hall–Kier alpha value is -0.280. The molecule has 194 valence electrons. The molecule has 6 fully saturated rings. The van der Waals surface area contributed by atoms with Gasteiger partial charge in [-0.15, -0.1) is 0 Å². The van der Waals surface area contributed by atoms with Gasteiger partial charge < -0.3 is 33.9 Å². The maximum atomic E-state index is 10.1. The minimum atomic E-state index is -0.658. The lowest BCUT2D eigenvalue weighted by atomic mass is 9.60. The summed E-state index contributed by atoms with van der Waals surface area (Å²) in [6, 6.07) is 0. The Bertz CT molecular complexity index is 763. The minimum Gasteiger partial charge on any atom is -0.393 e. The van der Waals surface area contributed by atoms with Crippen molar-refractivity contribution < 1.29 is 33.9 Å². The number of rotatable bonds is 4. The van der Waals surface area contributed by atoms with Crippen LogP contribution in [0, 0.1) is 53.3 Å². The van der Waals surface area contributed by atoms with E-state index in [-0.39, 0.29) is 61.0 Å². The van der Waals surface area contributed by atoms with Crippen molar-refractivity contribution >= 4 is 0 Å². The number of aliphatic hydroxyl groups is 2. The fourth-order valence-electron chi connectivity index (χ4n) is 8.52. The van der Waals surface area contributed by atoms with Gasteiger partial charge in [-0.25, -0.2) is 0 Å². The zero-order chi connectivity index (χ0) is 24.0. The predicted octanol–water partition coefficient (Wildman–Crippen LogP) is 3.16. The van der Waals surface area contributed by atoms with Crippen LogP contribution in [0.25, 0.3) is 0 Å². The van der Waals surface area contributed by atoms with Gasteiger partial charge in [-0.2, -0.15) is 0 Å². The molecule has 6 rings (SSSR count). The van der Waals surface area contributed by atoms with E-state index in [2.05, 4.69) is 41.5 Å². The van der Waals surface area contributed by atoms with Gasteiger partial charge in [0.25, 0.3) is 0 Å². The minimum absolute atomic E-state index is 0.0109. The van der Waals surface area contributed by atoms with E-state index in [0.29, 0.717) is 41.4 Å². The van der Waals surface area contributed by atoms with Crippen LogP contribution in [-0.4, -0.2) is 65.7 Å². The number of hydrogen-bond acceptors (Lipinski definition) is 7. The molecule has 7 nitrogen and oxygen atoms in total. The van der Waals surface area contributed by atoms with Crippen LogP contribution in [0.4, 0.5) is 0 Å². The van der Waals surface area contributed by atoms with Crippen molar-refractivity contribution in [1.29, 1.82) is 0 Å². The standard InChI is InChI=1S/C27H44O7/c1-10-17-8-20(23(17)14(5)30-25(10)29)33-27-12(3)18-9-21(24(18)15(6)32-27)34-26-11(2)16-7-19(28)22(16)13(4)31-26/h10-29H,7-9H2,1-6H3. The van der Waals surface area contributed by atoms with Gasteiger partial charge in [-0.3, -0.25) is 0 Å².